The molecule has 2 fully saturated rings. The Hall–Kier alpha value is -2.60. The second-order valence-electron chi connectivity index (χ2n) is 11.8. The van der Waals surface area contributed by atoms with E-state index in [0.29, 0.717) is 12.8 Å². The average Bonchev–Trinajstić information content (AvgIpc) is 3.42. The minimum absolute atomic E-state index is 0.0761. The van der Waals surface area contributed by atoms with Crippen molar-refractivity contribution in [2.24, 2.45) is 22.7 Å². The molecule has 0 amide bonds. The van der Waals surface area contributed by atoms with E-state index in [1.807, 2.05) is 19.9 Å². The number of fused-ring (bicyclic) bond motifs is 5. The number of carbonyl (C=O) groups is 2. The molecule has 0 spiro atoms. The number of methoxy groups -OCH3 is 1. The molecule has 6 unspecified atom stereocenters. The van der Waals surface area contributed by atoms with Crippen LogP contribution in [0.5, 0.6) is 5.75 Å². The van der Waals surface area contributed by atoms with Crippen LogP contribution in [0.25, 0.3) is 11.1 Å². The predicted octanol–water partition coefficient (Wildman–Crippen LogP) is 5.01. The van der Waals surface area contributed by atoms with Gasteiger partial charge in [-0.3, -0.25) is 9.59 Å². The number of hydrogen-bond donors (Lipinski definition) is 1. The first kappa shape index (κ1) is 24.1. The molecule has 0 bridgehead atoms. The van der Waals surface area contributed by atoms with Gasteiger partial charge in [0.1, 0.15) is 23.7 Å². The number of ketones is 1. The number of carbonyl (C=O) groups excluding carboxylic acids is 2. The number of hydrogen-bond acceptors (Lipinski definition) is 6. The zero-order chi connectivity index (χ0) is 25.5. The summed E-state index contributed by atoms with van der Waals surface area (Å²) in [5, 5.41) is 12.0. The lowest BCUT2D eigenvalue weighted by molar-refractivity contribution is -0.223. The molecule has 1 aromatic heterocycles. The van der Waals surface area contributed by atoms with Gasteiger partial charge in [-0.15, -0.1) is 0 Å². The smallest absolute Gasteiger partial charge is 0.303 e. The largest absolute Gasteiger partial charge is 0.496 e. The first-order valence-corrected chi connectivity index (χ1v) is 12.5. The number of benzene rings is 1. The fourth-order valence-corrected chi connectivity index (χ4v) is 8.27. The van der Waals surface area contributed by atoms with Crippen LogP contribution in [0.1, 0.15) is 64.2 Å². The van der Waals surface area contributed by atoms with Gasteiger partial charge in [-0.1, -0.05) is 27.7 Å². The van der Waals surface area contributed by atoms with Crippen LogP contribution < -0.4 is 4.74 Å². The molecule has 3 aliphatic rings. The highest BCUT2D eigenvalue weighted by Gasteiger charge is 2.70. The normalized spacial score (nSPS) is 35.1. The zero-order valence-electron chi connectivity index (χ0n) is 21.7. The molecule has 35 heavy (non-hydrogen) atoms. The summed E-state index contributed by atoms with van der Waals surface area (Å²) in [7, 11) is 1.66. The van der Waals surface area contributed by atoms with Crippen LogP contribution in [0.4, 0.5) is 0 Å². The van der Waals surface area contributed by atoms with Crippen molar-refractivity contribution in [3.05, 3.63) is 41.3 Å². The van der Waals surface area contributed by atoms with Gasteiger partial charge in [0.25, 0.3) is 0 Å². The molecule has 6 atom stereocenters. The van der Waals surface area contributed by atoms with Crippen LogP contribution in [0, 0.1) is 29.6 Å². The molecule has 0 saturated heterocycles. The molecular formula is C29H36O6. The number of Topliss-reactive ketones (excluding diaryl/α,β-unsaturated/α-hetero) is 1. The highest BCUT2D eigenvalue weighted by Crippen LogP contribution is 2.68. The van der Waals surface area contributed by atoms with E-state index in [-0.39, 0.29) is 23.0 Å². The maximum atomic E-state index is 13.1. The second kappa shape index (κ2) is 7.70. The van der Waals surface area contributed by atoms with Crippen LogP contribution in [0.3, 0.4) is 0 Å². The lowest BCUT2D eigenvalue weighted by Crippen LogP contribution is -2.69. The summed E-state index contributed by atoms with van der Waals surface area (Å²) in [6.07, 6.45) is 3.64. The number of esters is 1. The lowest BCUT2D eigenvalue weighted by atomic mass is 9.41. The summed E-state index contributed by atoms with van der Waals surface area (Å²) in [6, 6.07) is 3.99. The van der Waals surface area contributed by atoms with E-state index in [2.05, 4.69) is 26.8 Å². The summed E-state index contributed by atoms with van der Waals surface area (Å²) >= 11 is 0. The first-order valence-electron chi connectivity index (χ1n) is 12.5. The quantitative estimate of drug-likeness (QED) is 0.622. The topological polar surface area (TPSA) is 86.0 Å². The molecule has 1 N–H and O–H groups in total. The Labute approximate surface area is 207 Å². The maximum absolute atomic E-state index is 13.1. The molecule has 188 valence electrons. The number of aliphatic hydroxyl groups excluding tert-OH is 1. The van der Waals surface area contributed by atoms with Gasteiger partial charge in [0.05, 0.1) is 19.6 Å². The molecule has 6 nitrogen and oxygen atoms in total. The van der Waals surface area contributed by atoms with Crippen molar-refractivity contribution in [1.82, 2.24) is 0 Å². The van der Waals surface area contributed by atoms with Crippen LogP contribution in [0.2, 0.25) is 0 Å². The summed E-state index contributed by atoms with van der Waals surface area (Å²) < 4.78 is 17.1. The van der Waals surface area contributed by atoms with Gasteiger partial charge < -0.3 is 19.0 Å². The molecule has 0 radical (unpaired) electrons. The Morgan fingerprint density at radius 3 is 2.54 bits per heavy atom. The maximum Gasteiger partial charge on any atom is 0.303 e. The van der Waals surface area contributed by atoms with Gasteiger partial charge in [0.15, 0.2) is 0 Å². The molecule has 2 saturated carbocycles. The van der Waals surface area contributed by atoms with Crippen LogP contribution in [-0.2, 0) is 26.2 Å². The van der Waals surface area contributed by atoms with Gasteiger partial charge in [-0.25, -0.2) is 0 Å². The standard InChI is InChI=1S/C29H36O6/c1-15-18-12-21-28(5)10-8-22(31)27(3,4)25(28)24(35-16(2)30)26(32)29(21,6)19(18)13-20(33-7)23(15)17-9-11-34-14-17/h9,11,13-14,21,24-26,32H,8,10,12H2,1-7H3. The van der Waals surface area contributed by atoms with E-state index in [4.69, 9.17) is 13.9 Å². The molecule has 2 aromatic rings. The van der Waals surface area contributed by atoms with Gasteiger partial charge in [-0.05, 0) is 59.9 Å². The van der Waals surface area contributed by atoms with Crippen LogP contribution >= 0.6 is 0 Å². The number of aliphatic hydroxyl groups is 1. The fraction of sp³-hybridized carbons (Fsp3) is 0.586. The predicted molar refractivity (Wildman–Crippen MR) is 131 cm³/mol. The zero-order valence-corrected chi connectivity index (χ0v) is 21.7. The van der Waals surface area contributed by atoms with Crippen molar-refractivity contribution < 1.29 is 28.6 Å². The van der Waals surface area contributed by atoms with Crippen molar-refractivity contribution in [3.63, 3.8) is 0 Å². The summed E-state index contributed by atoms with van der Waals surface area (Å²) in [6.45, 7) is 11.7. The van der Waals surface area contributed by atoms with Crippen molar-refractivity contribution in [2.45, 2.75) is 78.4 Å². The third-order valence-electron chi connectivity index (χ3n) is 9.87. The monoisotopic (exact) mass is 480 g/mol. The Morgan fingerprint density at radius 1 is 1.23 bits per heavy atom. The van der Waals surface area contributed by atoms with E-state index in [1.54, 1.807) is 19.6 Å². The van der Waals surface area contributed by atoms with Crippen LogP contribution in [0.15, 0.2) is 29.1 Å². The summed E-state index contributed by atoms with van der Waals surface area (Å²) in [5.41, 5.74) is 3.63. The Morgan fingerprint density at radius 2 is 1.94 bits per heavy atom. The van der Waals surface area contributed by atoms with E-state index < -0.39 is 29.0 Å². The molecule has 5 rings (SSSR count). The molecule has 0 aliphatic heterocycles. The number of furan rings is 1. The van der Waals surface area contributed by atoms with E-state index in [0.717, 1.165) is 34.4 Å². The van der Waals surface area contributed by atoms with Gasteiger partial charge in [0.2, 0.25) is 0 Å². The third-order valence-corrected chi connectivity index (χ3v) is 9.87. The molecule has 1 aromatic carbocycles. The molecular weight excluding hydrogens is 444 g/mol. The van der Waals surface area contributed by atoms with E-state index in [1.165, 1.54) is 12.5 Å². The summed E-state index contributed by atoms with van der Waals surface area (Å²) in [5.74, 6) is 0.260. The lowest BCUT2D eigenvalue weighted by Gasteiger charge is -2.63. The van der Waals surface area contributed by atoms with Crippen LogP contribution in [-0.4, -0.2) is 36.2 Å². The molecule has 3 aliphatic carbocycles. The molecule has 1 heterocycles. The number of rotatable bonds is 3. The summed E-state index contributed by atoms with van der Waals surface area (Å²) in [4.78, 5) is 25.4. The third kappa shape index (κ3) is 3.05. The first-order chi connectivity index (χ1) is 16.4. The van der Waals surface area contributed by atoms with Crippen molar-refractivity contribution >= 4 is 11.8 Å². The Kier molecular flexibility index (Phi) is 5.30. The SMILES string of the molecule is COc1cc2c(c(C)c1-c1ccoc1)CC1C3(C)CCC(=O)C(C)(C)C3C(OC(C)=O)C(O)C21C. The second-order valence-corrected chi connectivity index (χ2v) is 11.8. The highest BCUT2D eigenvalue weighted by molar-refractivity contribution is 5.86. The Balaban J connectivity index is 1.75. The van der Waals surface area contributed by atoms with Gasteiger partial charge in [0, 0.05) is 41.2 Å². The average molecular weight is 481 g/mol. The van der Waals surface area contributed by atoms with E-state index >= 15 is 0 Å². The number of ether oxygens (including phenoxy) is 2. The van der Waals surface area contributed by atoms with Crippen molar-refractivity contribution in [1.29, 1.82) is 0 Å². The Bertz CT molecular complexity index is 1190. The van der Waals surface area contributed by atoms with Gasteiger partial charge >= 0.3 is 5.97 Å². The van der Waals surface area contributed by atoms with E-state index in [9.17, 15) is 14.7 Å². The van der Waals surface area contributed by atoms with Crippen molar-refractivity contribution in [3.8, 4) is 16.9 Å². The van der Waals surface area contributed by atoms with Gasteiger partial charge in [-0.2, -0.15) is 0 Å². The van der Waals surface area contributed by atoms with Crippen molar-refractivity contribution in [2.75, 3.05) is 7.11 Å². The minimum atomic E-state index is -0.954. The fourth-order valence-electron chi connectivity index (χ4n) is 8.27. The minimum Gasteiger partial charge on any atom is -0.496 e. The highest BCUT2D eigenvalue weighted by atomic mass is 16.6. The molecule has 6 heteroatoms.